The van der Waals surface area contributed by atoms with Gasteiger partial charge in [0.05, 0.1) is 5.92 Å². The molecule has 0 spiro atoms. The summed E-state index contributed by atoms with van der Waals surface area (Å²) >= 11 is 0. The highest BCUT2D eigenvalue weighted by molar-refractivity contribution is 5.89. The molecule has 1 N–H and O–H groups in total. The second kappa shape index (κ2) is 5.62. The van der Waals surface area contributed by atoms with Gasteiger partial charge in [0.1, 0.15) is 0 Å². The molecule has 1 saturated heterocycles. The lowest BCUT2D eigenvalue weighted by molar-refractivity contribution is -0.136. The predicted molar refractivity (Wildman–Crippen MR) is 66.4 cm³/mol. The van der Waals surface area contributed by atoms with E-state index in [0.29, 0.717) is 26.1 Å². The Labute approximate surface area is 106 Å². The molecule has 2 heterocycles. The number of hydrogen-bond acceptors (Lipinski definition) is 3. The second-order valence-electron chi connectivity index (χ2n) is 4.41. The van der Waals surface area contributed by atoms with Gasteiger partial charge in [0.25, 0.3) is 0 Å². The lowest BCUT2D eigenvalue weighted by atomic mass is 10.1. The maximum absolute atomic E-state index is 12.2. The van der Waals surface area contributed by atoms with Crippen molar-refractivity contribution in [1.29, 1.82) is 0 Å². The van der Waals surface area contributed by atoms with Crippen LogP contribution in [-0.2, 0) is 16.1 Å². The molecule has 5 heteroatoms. The van der Waals surface area contributed by atoms with Gasteiger partial charge in [-0.15, -0.1) is 0 Å². The Morgan fingerprint density at radius 2 is 2.22 bits per heavy atom. The smallest absolute Gasteiger partial charge is 0.228 e. The van der Waals surface area contributed by atoms with Crippen molar-refractivity contribution in [3.63, 3.8) is 0 Å². The summed E-state index contributed by atoms with van der Waals surface area (Å²) in [6.07, 6.45) is 3.74. The van der Waals surface area contributed by atoms with Crippen molar-refractivity contribution in [3.05, 3.63) is 30.1 Å². The van der Waals surface area contributed by atoms with Crippen molar-refractivity contribution in [1.82, 2.24) is 15.2 Å². The van der Waals surface area contributed by atoms with Gasteiger partial charge in [0.15, 0.2) is 0 Å². The predicted octanol–water partition coefficient (Wildman–Crippen LogP) is 0.566. The standard InChI is InChI=1S/C13H17N3O2/c1-2-16(9-10-3-5-14-6-4-10)13(18)11-7-12(17)15-8-11/h3-6,11H,2,7-9H2,1H3,(H,15,17). The van der Waals surface area contributed by atoms with Crippen LogP contribution < -0.4 is 5.32 Å². The van der Waals surface area contributed by atoms with E-state index >= 15 is 0 Å². The molecule has 0 aromatic carbocycles. The Morgan fingerprint density at radius 3 is 2.78 bits per heavy atom. The average Bonchev–Trinajstić information content (AvgIpc) is 2.83. The van der Waals surface area contributed by atoms with Gasteiger partial charge >= 0.3 is 0 Å². The van der Waals surface area contributed by atoms with E-state index in [0.717, 1.165) is 5.56 Å². The van der Waals surface area contributed by atoms with Gasteiger partial charge in [-0.2, -0.15) is 0 Å². The van der Waals surface area contributed by atoms with E-state index < -0.39 is 0 Å². The number of pyridine rings is 1. The van der Waals surface area contributed by atoms with Gasteiger partial charge < -0.3 is 10.2 Å². The molecule has 96 valence electrons. The van der Waals surface area contributed by atoms with Crippen LogP contribution in [0.15, 0.2) is 24.5 Å². The molecular weight excluding hydrogens is 230 g/mol. The highest BCUT2D eigenvalue weighted by Crippen LogP contribution is 2.14. The molecule has 0 aliphatic carbocycles. The van der Waals surface area contributed by atoms with Crippen LogP contribution in [0.1, 0.15) is 18.9 Å². The molecule has 1 unspecified atom stereocenters. The average molecular weight is 247 g/mol. The van der Waals surface area contributed by atoms with Gasteiger partial charge in [-0.1, -0.05) is 0 Å². The zero-order valence-corrected chi connectivity index (χ0v) is 10.4. The van der Waals surface area contributed by atoms with Gasteiger partial charge in [-0.05, 0) is 24.6 Å². The third-order valence-electron chi connectivity index (χ3n) is 3.14. The Bertz CT molecular complexity index is 433. The highest BCUT2D eigenvalue weighted by Gasteiger charge is 2.30. The van der Waals surface area contributed by atoms with E-state index in [9.17, 15) is 9.59 Å². The number of aromatic nitrogens is 1. The quantitative estimate of drug-likeness (QED) is 0.846. The fraction of sp³-hybridized carbons (Fsp3) is 0.462. The van der Waals surface area contributed by atoms with Crippen LogP contribution in [0.2, 0.25) is 0 Å². The molecular formula is C13H17N3O2. The van der Waals surface area contributed by atoms with Crippen LogP contribution in [0.5, 0.6) is 0 Å². The first kappa shape index (κ1) is 12.5. The molecule has 1 aromatic heterocycles. The third-order valence-corrected chi connectivity index (χ3v) is 3.14. The highest BCUT2D eigenvalue weighted by atomic mass is 16.2. The van der Waals surface area contributed by atoms with E-state index in [1.54, 1.807) is 17.3 Å². The summed E-state index contributed by atoms with van der Waals surface area (Å²) in [5, 5.41) is 2.70. The minimum Gasteiger partial charge on any atom is -0.355 e. The van der Waals surface area contributed by atoms with E-state index in [1.807, 2.05) is 19.1 Å². The molecule has 2 amide bonds. The van der Waals surface area contributed by atoms with Crippen LogP contribution in [0.4, 0.5) is 0 Å². The SMILES string of the molecule is CCN(Cc1ccncc1)C(=O)C1CNC(=O)C1. The van der Waals surface area contributed by atoms with Crippen molar-refractivity contribution >= 4 is 11.8 Å². The van der Waals surface area contributed by atoms with Crippen LogP contribution in [-0.4, -0.2) is 34.8 Å². The topological polar surface area (TPSA) is 62.3 Å². The van der Waals surface area contributed by atoms with Crippen molar-refractivity contribution in [3.8, 4) is 0 Å². The van der Waals surface area contributed by atoms with E-state index in [4.69, 9.17) is 0 Å². The molecule has 0 radical (unpaired) electrons. The largest absolute Gasteiger partial charge is 0.355 e. The summed E-state index contributed by atoms with van der Waals surface area (Å²) in [6, 6.07) is 3.79. The molecule has 1 aliphatic rings. The molecule has 18 heavy (non-hydrogen) atoms. The van der Waals surface area contributed by atoms with E-state index in [2.05, 4.69) is 10.3 Å². The molecule has 1 atom stereocenters. The fourth-order valence-corrected chi connectivity index (χ4v) is 2.09. The summed E-state index contributed by atoms with van der Waals surface area (Å²) < 4.78 is 0. The van der Waals surface area contributed by atoms with Crippen molar-refractivity contribution in [2.75, 3.05) is 13.1 Å². The molecule has 1 aliphatic heterocycles. The Morgan fingerprint density at radius 1 is 1.50 bits per heavy atom. The Kier molecular flexibility index (Phi) is 3.92. The number of carbonyl (C=O) groups is 2. The number of nitrogens with zero attached hydrogens (tertiary/aromatic N) is 2. The van der Waals surface area contributed by atoms with Crippen molar-refractivity contribution in [2.24, 2.45) is 5.92 Å². The van der Waals surface area contributed by atoms with Gasteiger partial charge in [0, 0.05) is 38.4 Å². The third kappa shape index (κ3) is 2.85. The number of amides is 2. The minimum absolute atomic E-state index is 0.0340. The lowest BCUT2D eigenvalue weighted by Gasteiger charge is -2.23. The van der Waals surface area contributed by atoms with Crippen LogP contribution in [0, 0.1) is 5.92 Å². The summed E-state index contributed by atoms with van der Waals surface area (Å²) in [5.74, 6) is -0.194. The number of nitrogens with one attached hydrogen (secondary N) is 1. The number of carbonyl (C=O) groups excluding carboxylic acids is 2. The zero-order valence-electron chi connectivity index (χ0n) is 10.4. The zero-order chi connectivity index (χ0) is 13.0. The van der Waals surface area contributed by atoms with Crippen LogP contribution in [0.25, 0.3) is 0 Å². The summed E-state index contributed by atoms with van der Waals surface area (Å²) in [6.45, 7) is 3.63. The van der Waals surface area contributed by atoms with E-state index in [-0.39, 0.29) is 17.7 Å². The minimum atomic E-state index is -0.209. The van der Waals surface area contributed by atoms with Crippen LogP contribution in [0.3, 0.4) is 0 Å². The molecule has 1 fully saturated rings. The van der Waals surface area contributed by atoms with Gasteiger partial charge in [-0.25, -0.2) is 0 Å². The van der Waals surface area contributed by atoms with Crippen LogP contribution >= 0.6 is 0 Å². The maximum atomic E-state index is 12.2. The summed E-state index contributed by atoms with van der Waals surface area (Å²) in [7, 11) is 0. The fourth-order valence-electron chi connectivity index (χ4n) is 2.09. The molecule has 0 bridgehead atoms. The summed E-state index contributed by atoms with van der Waals surface area (Å²) in [4.78, 5) is 29.1. The molecule has 0 saturated carbocycles. The molecule has 2 rings (SSSR count). The van der Waals surface area contributed by atoms with Gasteiger partial charge in [0.2, 0.25) is 11.8 Å². The Hall–Kier alpha value is -1.91. The van der Waals surface area contributed by atoms with Crippen molar-refractivity contribution < 1.29 is 9.59 Å². The van der Waals surface area contributed by atoms with Gasteiger partial charge in [-0.3, -0.25) is 14.6 Å². The lowest BCUT2D eigenvalue weighted by Crippen LogP contribution is -2.36. The second-order valence-corrected chi connectivity index (χ2v) is 4.41. The normalized spacial score (nSPS) is 18.5. The number of rotatable bonds is 4. The first-order chi connectivity index (χ1) is 8.70. The first-order valence-electron chi connectivity index (χ1n) is 6.15. The van der Waals surface area contributed by atoms with Crippen molar-refractivity contribution in [2.45, 2.75) is 19.9 Å². The monoisotopic (exact) mass is 247 g/mol. The summed E-state index contributed by atoms with van der Waals surface area (Å²) in [5.41, 5.74) is 1.05. The maximum Gasteiger partial charge on any atom is 0.228 e. The Balaban J connectivity index is 2.00. The molecule has 5 nitrogen and oxygen atoms in total. The molecule has 1 aromatic rings. The number of hydrogen-bond donors (Lipinski definition) is 1. The van der Waals surface area contributed by atoms with E-state index in [1.165, 1.54) is 0 Å². The first-order valence-corrected chi connectivity index (χ1v) is 6.15.